The average molecular weight is 540 g/mol. The fourth-order valence-electron chi connectivity index (χ4n) is 5.08. The van der Waals surface area contributed by atoms with Gasteiger partial charge in [-0.05, 0) is 79.4 Å². The zero-order valence-corrected chi connectivity index (χ0v) is 23.5. The molecule has 0 spiro atoms. The molecule has 0 amide bonds. The molecular weight excluding hydrogens is 506 g/mol. The van der Waals surface area contributed by atoms with Crippen LogP contribution in [0.4, 0.5) is 0 Å². The minimum absolute atomic E-state index is 0.0674. The lowest BCUT2D eigenvalue weighted by atomic mass is 9.96. The molecule has 4 aromatic rings. The number of nitrogens with zero attached hydrogens (tertiary/aromatic N) is 1. The minimum atomic E-state index is 0.0674. The number of hydrogen-bond donors (Lipinski definition) is 0. The minimum Gasteiger partial charge on any atom is -0.496 e. The van der Waals surface area contributed by atoms with Crippen LogP contribution in [0.15, 0.2) is 84.9 Å². The van der Waals surface area contributed by atoms with Gasteiger partial charge in [-0.3, -0.25) is 4.79 Å². The molecule has 0 aliphatic carbocycles. The highest BCUT2D eigenvalue weighted by atomic mass is 35.5. The van der Waals surface area contributed by atoms with E-state index in [1.165, 1.54) is 0 Å². The van der Waals surface area contributed by atoms with Gasteiger partial charge in [0.1, 0.15) is 17.6 Å². The van der Waals surface area contributed by atoms with Crippen molar-refractivity contribution >= 4 is 17.4 Å². The number of hydrogen-bond acceptors (Lipinski definition) is 4. The first-order valence-electron chi connectivity index (χ1n) is 13.4. The van der Waals surface area contributed by atoms with Gasteiger partial charge in [-0.25, -0.2) is 0 Å². The zero-order valence-electron chi connectivity index (χ0n) is 22.7. The summed E-state index contributed by atoms with van der Waals surface area (Å²) < 4.78 is 11.8. The van der Waals surface area contributed by atoms with Gasteiger partial charge in [0.15, 0.2) is 5.78 Å². The lowest BCUT2D eigenvalue weighted by Crippen LogP contribution is -2.35. The first-order valence-corrected chi connectivity index (χ1v) is 13.8. The third-order valence-electron chi connectivity index (χ3n) is 7.39. The quantitative estimate of drug-likeness (QED) is 0.213. The van der Waals surface area contributed by atoms with Crippen molar-refractivity contribution in [2.45, 2.75) is 32.3 Å². The summed E-state index contributed by atoms with van der Waals surface area (Å²) >= 11 is 6.59. The second-order valence-corrected chi connectivity index (χ2v) is 10.8. The fourth-order valence-corrected chi connectivity index (χ4v) is 5.31. The normalized spacial score (nSPS) is 14.3. The number of piperidine rings is 1. The molecule has 200 valence electrons. The van der Waals surface area contributed by atoms with Gasteiger partial charge in [-0.1, -0.05) is 71.8 Å². The number of benzene rings is 4. The Hall–Kier alpha value is -3.60. The van der Waals surface area contributed by atoms with Gasteiger partial charge < -0.3 is 14.4 Å². The Morgan fingerprint density at radius 2 is 1.59 bits per heavy atom. The molecule has 4 aromatic carbocycles. The molecule has 0 bridgehead atoms. The number of aryl methyl sites for hydroxylation is 1. The first-order chi connectivity index (χ1) is 18.9. The number of ether oxygens (including phenoxy) is 2. The lowest BCUT2D eigenvalue weighted by Gasteiger charge is -2.29. The number of likely N-dealkylation sites (tertiary alicyclic amines) is 1. The first kappa shape index (κ1) is 27.0. The highest BCUT2D eigenvalue weighted by molar-refractivity contribution is 6.32. The predicted molar refractivity (Wildman–Crippen MR) is 159 cm³/mol. The number of Topliss-reactive ketones (excluding diaryl/α,β-unsaturated/α-hetero) is 1. The monoisotopic (exact) mass is 539 g/mol. The van der Waals surface area contributed by atoms with E-state index in [2.05, 4.69) is 31.0 Å². The molecule has 0 radical (unpaired) electrons. The maximum atomic E-state index is 13.2. The lowest BCUT2D eigenvalue weighted by molar-refractivity contribution is 0.0993. The van der Waals surface area contributed by atoms with Crippen LogP contribution >= 0.6 is 11.6 Å². The second kappa shape index (κ2) is 12.1. The topological polar surface area (TPSA) is 38.8 Å². The Balaban J connectivity index is 1.27. The SMILES string of the molecule is COc1ccc(C(=O)Cc2ccc(-c3ccc(OC4CCN(C)CC4)c(Cl)c3)cc2)cc1-c1cccc(C)c1. The summed E-state index contributed by atoms with van der Waals surface area (Å²) in [6.07, 6.45) is 2.56. The third-order valence-corrected chi connectivity index (χ3v) is 7.69. The Kier molecular flexibility index (Phi) is 8.35. The molecular formula is C34H34ClNO3. The van der Waals surface area contributed by atoms with Crippen LogP contribution < -0.4 is 9.47 Å². The van der Waals surface area contributed by atoms with Gasteiger partial charge in [0.2, 0.25) is 0 Å². The van der Waals surface area contributed by atoms with Crippen molar-refractivity contribution in [3.63, 3.8) is 0 Å². The van der Waals surface area contributed by atoms with E-state index < -0.39 is 0 Å². The highest BCUT2D eigenvalue weighted by Gasteiger charge is 2.19. The van der Waals surface area contributed by atoms with E-state index in [9.17, 15) is 4.79 Å². The summed E-state index contributed by atoms with van der Waals surface area (Å²) in [5.41, 5.74) is 6.81. The molecule has 5 rings (SSSR count). The van der Waals surface area contributed by atoms with Crippen molar-refractivity contribution in [1.82, 2.24) is 4.90 Å². The molecule has 4 nitrogen and oxygen atoms in total. The molecule has 0 aromatic heterocycles. The number of halogens is 1. The van der Waals surface area contributed by atoms with Crippen LogP contribution in [0.2, 0.25) is 5.02 Å². The number of carbonyl (C=O) groups is 1. The van der Waals surface area contributed by atoms with Crippen molar-refractivity contribution in [2.75, 3.05) is 27.2 Å². The van der Waals surface area contributed by atoms with E-state index in [-0.39, 0.29) is 11.9 Å². The fraction of sp³-hybridized carbons (Fsp3) is 0.265. The summed E-state index contributed by atoms with van der Waals surface area (Å²) in [5, 5.41) is 0.620. The Labute approximate surface area is 236 Å². The molecule has 0 saturated carbocycles. The van der Waals surface area contributed by atoms with Crippen LogP contribution in [-0.4, -0.2) is 44.0 Å². The van der Waals surface area contributed by atoms with Crippen molar-refractivity contribution in [1.29, 1.82) is 0 Å². The largest absolute Gasteiger partial charge is 0.496 e. The van der Waals surface area contributed by atoms with Crippen LogP contribution in [0.1, 0.15) is 34.3 Å². The number of ketones is 1. The summed E-state index contributed by atoms with van der Waals surface area (Å²) in [6.45, 7) is 4.14. The number of rotatable bonds is 8. The van der Waals surface area contributed by atoms with Crippen LogP contribution in [0, 0.1) is 6.92 Å². The molecule has 1 aliphatic heterocycles. The molecule has 0 unspecified atom stereocenters. The zero-order chi connectivity index (χ0) is 27.4. The van der Waals surface area contributed by atoms with Crippen molar-refractivity contribution in [3.8, 4) is 33.8 Å². The molecule has 5 heteroatoms. The Morgan fingerprint density at radius 1 is 0.872 bits per heavy atom. The van der Waals surface area contributed by atoms with Crippen molar-refractivity contribution in [3.05, 3.63) is 107 Å². The summed E-state index contributed by atoms with van der Waals surface area (Å²) in [7, 11) is 3.79. The smallest absolute Gasteiger partial charge is 0.167 e. The molecule has 0 N–H and O–H groups in total. The molecule has 39 heavy (non-hydrogen) atoms. The molecule has 0 atom stereocenters. The van der Waals surface area contributed by atoms with E-state index in [4.69, 9.17) is 21.1 Å². The van der Waals surface area contributed by atoms with E-state index in [1.807, 2.05) is 72.8 Å². The summed E-state index contributed by atoms with van der Waals surface area (Å²) in [4.78, 5) is 15.5. The maximum Gasteiger partial charge on any atom is 0.167 e. The second-order valence-electron chi connectivity index (χ2n) is 10.3. The standard InChI is InChI=1S/C34H34ClNO3/c1-23-5-4-6-27(19-23)30-21-28(12-13-33(30)38-3)32(37)20-24-7-9-25(10-8-24)26-11-14-34(31(35)22-26)39-29-15-17-36(2)18-16-29/h4-14,19,21-22,29H,15-18,20H2,1-3H3. The van der Waals surface area contributed by atoms with Crippen LogP contribution in [0.3, 0.4) is 0 Å². The van der Waals surface area contributed by atoms with Crippen molar-refractivity contribution < 1.29 is 14.3 Å². The average Bonchev–Trinajstić information content (AvgIpc) is 2.95. The summed E-state index contributed by atoms with van der Waals surface area (Å²) in [6, 6.07) is 27.9. The third kappa shape index (κ3) is 6.52. The van der Waals surface area contributed by atoms with Gasteiger partial charge in [0.25, 0.3) is 0 Å². The van der Waals surface area contributed by atoms with E-state index in [1.54, 1.807) is 7.11 Å². The molecule has 1 heterocycles. The van der Waals surface area contributed by atoms with Crippen LogP contribution in [0.25, 0.3) is 22.3 Å². The van der Waals surface area contributed by atoms with Crippen LogP contribution in [0.5, 0.6) is 11.5 Å². The predicted octanol–water partition coefficient (Wildman–Crippen LogP) is 7.89. The molecule has 1 fully saturated rings. The summed E-state index contributed by atoms with van der Waals surface area (Å²) in [5.74, 6) is 1.56. The number of carbonyl (C=O) groups excluding carboxylic acids is 1. The van der Waals surface area contributed by atoms with Gasteiger partial charge in [-0.2, -0.15) is 0 Å². The molecule has 1 aliphatic rings. The number of methoxy groups -OCH3 is 1. The van der Waals surface area contributed by atoms with Gasteiger partial charge in [0, 0.05) is 30.6 Å². The van der Waals surface area contributed by atoms with Crippen LogP contribution in [-0.2, 0) is 6.42 Å². The van der Waals surface area contributed by atoms with E-state index in [0.717, 1.165) is 70.8 Å². The maximum absolute atomic E-state index is 13.2. The van der Waals surface area contributed by atoms with Gasteiger partial charge in [0.05, 0.1) is 12.1 Å². The van der Waals surface area contributed by atoms with E-state index >= 15 is 0 Å². The van der Waals surface area contributed by atoms with E-state index in [0.29, 0.717) is 17.0 Å². The van der Waals surface area contributed by atoms with Gasteiger partial charge in [-0.15, -0.1) is 0 Å². The Bertz CT molecular complexity index is 1460. The highest BCUT2D eigenvalue weighted by Crippen LogP contribution is 2.34. The Morgan fingerprint density at radius 3 is 2.28 bits per heavy atom. The molecule has 1 saturated heterocycles. The van der Waals surface area contributed by atoms with Gasteiger partial charge >= 0.3 is 0 Å². The van der Waals surface area contributed by atoms with Crippen molar-refractivity contribution in [2.24, 2.45) is 0 Å².